The Hall–Kier alpha value is -3.66. The zero-order valence-corrected chi connectivity index (χ0v) is 15.0. The van der Waals surface area contributed by atoms with Gasteiger partial charge >= 0.3 is 5.97 Å². The number of nitrogens with one attached hydrogen (secondary N) is 2. The summed E-state index contributed by atoms with van der Waals surface area (Å²) >= 11 is 0. The molecule has 0 bridgehead atoms. The quantitative estimate of drug-likeness (QED) is 0.763. The van der Waals surface area contributed by atoms with Gasteiger partial charge in [-0.25, -0.2) is 4.79 Å². The molecule has 0 saturated carbocycles. The van der Waals surface area contributed by atoms with Gasteiger partial charge in [0.15, 0.2) is 6.61 Å². The number of carbonyl (C=O) groups is 3. The summed E-state index contributed by atoms with van der Waals surface area (Å²) < 4.78 is 4.92. The number of anilines is 1. The Morgan fingerprint density at radius 3 is 2.59 bits per heavy atom. The van der Waals surface area contributed by atoms with Crippen LogP contribution < -0.4 is 10.6 Å². The largest absolute Gasteiger partial charge is 0.454 e. The van der Waals surface area contributed by atoms with Crippen LogP contribution in [0.15, 0.2) is 48.5 Å². The van der Waals surface area contributed by atoms with Gasteiger partial charge in [0.05, 0.1) is 11.6 Å². The van der Waals surface area contributed by atoms with Gasteiger partial charge in [0.25, 0.3) is 11.8 Å². The number of nitrogens with zero attached hydrogens (tertiary/aromatic N) is 1. The molecule has 0 aliphatic carbocycles. The smallest absolute Gasteiger partial charge is 0.328 e. The molecule has 2 aromatic rings. The summed E-state index contributed by atoms with van der Waals surface area (Å²) in [4.78, 5) is 36.0. The summed E-state index contributed by atoms with van der Waals surface area (Å²) in [5, 5.41) is 13.9. The first-order valence-corrected chi connectivity index (χ1v) is 8.23. The number of ether oxygens (including phenoxy) is 1. The minimum Gasteiger partial charge on any atom is -0.454 e. The van der Waals surface area contributed by atoms with Gasteiger partial charge in [0.2, 0.25) is 0 Å². The molecule has 0 radical (unpaired) electrons. The molecule has 7 nitrogen and oxygen atoms in total. The highest BCUT2D eigenvalue weighted by Gasteiger charge is 2.19. The predicted octanol–water partition coefficient (Wildman–Crippen LogP) is 2.17. The Kier molecular flexibility index (Phi) is 6.67. The Bertz CT molecular complexity index is 902. The molecule has 7 heteroatoms. The Morgan fingerprint density at radius 1 is 1.15 bits per heavy atom. The second-order valence-electron chi connectivity index (χ2n) is 5.91. The fourth-order valence-electron chi connectivity index (χ4n) is 2.25. The van der Waals surface area contributed by atoms with Gasteiger partial charge in [-0.3, -0.25) is 9.59 Å². The minimum atomic E-state index is -0.910. The summed E-state index contributed by atoms with van der Waals surface area (Å²) in [5.74, 6) is -1.67. The lowest BCUT2D eigenvalue weighted by molar-refractivity contribution is -0.148. The third kappa shape index (κ3) is 5.97. The van der Waals surface area contributed by atoms with E-state index in [0.29, 0.717) is 16.8 Å². The van der Waals surface area contributed by atoms with Gasteiger partial charge < -0.3 is 15.4 Å². The molecule has 2 amide bonds. The first kappa shape index (κ1) is 19.7. The number of carbonyl (C=O) groups excluding carboxylic acids is 3. The third-order valence-corrected chi connectivity index (χ3v) is 3.60. The Morgan fingerprint density at radius 2 is 1.89 bits per heavy atom. The van der Waals surface area contributed by atoms with Crippen molar-refractivity contribution in [2.45, 2.75) is 19.9 Å². The maximum absolute atomic E-state index is 12.1. The first-order valence-electron chi connectivity index (χ1n) is 8.23. The third-order valence-electron chi connectivity index (χ3n) is 3.60. The van der Waals surface area contributed by atoms with E-state index < -0.39 is 30.4 Å². The van der Waals surface area contributed by atoms with Crippen LogP contribution in [0.5, 0.6) is 0 Å². The van der Waals surface area contributed by atoms with E-state index in [9.17, 15) is 14.4 Å². The van der Waals surface area contributed by atoms with Crippen LogP contribution in [0.3, 0.4) is 0 Å². The van der Waals surface area contributed by atoms with Gasteiger partial charge in [0.1, 0.15) is 6.04 Å². The molecule has 27 heavy (non-hydrogen) atoms. The highest BCUT2D eigenvalue weighted by molar-refractivity contribution is 5.97. The number of benzene rings is 2. The van der Waals surface area contributed by atoms with Crippen LogP contribution in [0.2, 0.25) is 0 Å². The molecule has 0 spiro atoms. The molecule has 0 aromatic heterocycles. The minimum absolute atomic E-state index is 0.400. The van der Waals surface area contributed by atoms with Gasteiger partial charge in [-0.05, 0) is 44.2 Å². The van der Waals surface area contributed by atoms with Crippen molar-refractivity contribution < 1.29 is 19.1 Å². The molecule has 2 rings (SSSR count). The van der Waals surface area contributed by atoms with Crippen LogP contribution in [0.1, 0.15) is 28.4 Å². The van der Waals surface area contributed by atoms with E-state index in [1.165, 1.54) is 13.0 Å². The average Bonchev–Trinajstić information content (AvgIpc) is 2.66. The number of nitriles is 1. The summed E-state index contributed by atoms with van der Waals surface area (Å²) in [6.07, 6.45) is 0. The van der Waals surface area contributed by atoms with Crippen LogP contribution in [0.25, 0.3) is 0 Å². The number of amides is 2. The van der Waals surface area contributed by atoms with Gasteiger partial charge in [0, 0.05) is 11.3 Å². The second kappa shape index (κ2) is 9.15. The summed E-state index contributed by atoms with van der Waals surface area (Å²) in [6, 6.07) is 14.4. The van der Waals surface area contributed by atoms with Crippen molar-refractivity contribution in [3.63, 3.8) is 0 Å². The van der Waals surface area contributed by atoms with Crippen molar-refractivity contribution >= 4 is 23.5 Å². The maximum atomic E-state index is 12.1. The summed E-state index contributed by atoms with van der Waals surface area (Å²) in [5.41, 5.74) is 2.19. The molecule has 1 atom stereocenters. The van der Waals surface area contributed by atoms with E-state index in [-0.39, 0.29) is 0 Å². The zero-order valence-electron chi connectivity index (χ0n) is 15.0. The lowest BCUT2D eigenvalue weighted by Crippen LogP contribution is -2.40. The number of hydrogen-bond donors (Lipinski definition) is 2. The molecule has 0 unspecified atom stereocenters. The standard InChI is InChI=1S/C20H19N3O4/c1-13-5-3-7-16(9-13)19(25)22-14(2)20(26)27-12-18(24)23-17-8-4-6-15(10-17)11-21/h3-10,14H,12H2,1-2H3,(H,22,25)(H,23,24)/t14-/m0/s1. The molecule has 0 heterocycles. The van der Waals surface area contributed by atoms with Crippen molar-refractivity contribution in [2.75, 3.05) is 11.9 Å². The number of hydrogen-bond acceptors (Lipinski definition) is 5. The molecular formula is C20H19N3O4. The van der Waals surface area contributed by atoms with E-state index in [1.807, 2.05) is 19.1 Å². The molecular weight excluding hydrogens is 346 g/mol. The van der Waals surface area contributed by atoms with Crippen LogP contribution in [-0.4, -0.2) is 30.4 Å². The predicted molar refractivity (Wildman–Crippen MR) is 98.9 cm³/mol. The average molecular weight is 365 g/mol. The molecule has 0 aliphatic rings. The molecule has 0 fully saturated rings. The Balaban J connectivity index is 1.82. The van der Waals surface area contributed by atoms with E-state index in [1.54, 1.807) is 36.4 Å². The maximum Gasteiger partial charge on any atom is 0.328 e. The van der Waals surface area contributed by atoms with E-state index in [4.69, 9.17) is 10.00 Å². The fourth-order valence-corrected chi connectivity index (χ4v) is 2.25. The zero-order chi connectivity index (χ0) is 19.8. The SMILES string of the molecule is Cc1cccc(C(=O)N[C@@H](C)C(=O)OCC(=O)Nc2cccc(C#N)c2)c1. The van der Waals surface area contributed by atoms with Crippen LogP contribution in [0.4, 0.5) is 5.69 Å². The van der Waals surface area contributed by atoms with Crippen LogP contribution in [0, 0.1) is 18.3 Å². The van der Waals surface area contributed by atoms with Crippen molar-refractivity contribution in [3.05, 3.63) is 65.2 Å². The number of aryl methyl sites for hydroxylation is 1. The molecule has 2 aromatic carbocycles. The monoisotopic (exact) mass is 365 g/mol. The van der Waals surface area contributed by atoms with Crippen LogP contribution in [-0.2, 0) is 14.3 Å². The molecule has 0 aliphatic heterocycles. The number of esters is 1. The van der Waals surface area contributed by atoms with Crippen molar-refractivity contribution in [1.29, 1.82) is 5.26 Å². The van der Waals surface area contributed by atoms with Crippen molar-refractivity contribution in [2.24, 2.45) is 0 Å². The van der Waals surface area contributed by atoms with E-state index >= 15 is 0 Å². The normalized spacial score (nSPS) is 11.0. The van der Waals surface area contributed by atoms with Gasteiger partial charge in [-0.15, -0.1) is 0 Å². The van der Waals surface area contributed by atoms with Crippen LogP contribution >= 0.6 is 0 Å². The lowest BCUT2D eigenvalue weighted by atomic mass is 10.1. The lowest BCUT2D eigenvalue weighted by Gasteiger charge is -2.13. The summed E-state index contributed by atoms with van der Waals surface area (Å²) in [6.45, 7) is 2.84. The van der Waals surface area contributed by atoms with Gasteiger partial charge in [-0.2, -0.15) is 5.26 Å². The highest BCUT2D eigenvalue weighted by atomic mass is 16.5. The van der Waals surface area contributed by atoms with E-state index in [0.717, 1.165) is 5.56 Å². The topological polar surface area (TPSA) is 108 Å². The first-order chi connectivity index (χ1) is 12.9. The van der Waals surface area contributed by atoms with Crippen molar-refractivity contribution in [1.82, 2.24) is 5.32 Å². The highest BCUT2D eigenvalue weighted by Crippen LogP contribution is 2.09. The fraction of sp³-hybridized carbons (Fsp3) is 0.200. The number of rotatable bonds is 6. The second-order valence-corrected chi connectivity index (χ2v) is 5.91. The van der Waals surface area contributed by atoms with Crippen molar-refractivity contribution in [3.8, 4) is 6.07 Å². The molecule has 2 N–H and O–H groups in total. The van der Waals surface area contributed by atoms with E-state index in [2.05, 4.69) is 10.6 Å². The molecule has 138 valence electrons. The summed E-state index contributed by atoms with van der Waals surface area (Å²) in [7, 11) is 0. The Labute approximate surface area is 156 Å². The van der Waals surface area contributed by atoms with Gasteiger partial charge in [-0.1, -0.05) is 23.8 Å². The molecule has 0 saturated heterocycles.